The Kier molecular flexibility index (Phi) is 6.29. The molecular weight excluding hydrogens is 459 g/mol. The van der Waals surface area contributed by atoms with Crippen LogP contribution in [-0.2, 0) is 4.84 Å². The number of aromatic nitrogens is 1. The molecule has 0 saturated heterocycles. The highest BCUT2D eigenvalue weighted by atomic mass is 32.1. The number of carbonyl (C=O) groups is 1. The van der Waals surface area contributed by atoms with Crippen molar-refractivity contribution in [2.75, 3.05) is 37.2 Å². The fraction of sp³-hybridized carbons (Fsp3) is 0.238. The fourth-order valence-corrected chi connectivity index (χ4v) is 4.02. The van der Waals surface area contributed by atoms with Gasteiger partial charge in [0.05, 0.1) is 29.2 Å². The molecule has 3 aromatic rings. The van der Waals surface area contributed by atoms with Crippen LogP contribution in [0, 0.1) is 0 Å². The van der Waals surface area contributed by atoms with Gasteiger partial charge in [-0.25, -0.2) is 9.99 Å². The van der Waals surface area contributed by atoms with Crippen LogP contribution in [0.3, 0.4) is 0 Å². The highest BCUT2D eigenvalue weighted by Crippen LogP contribution is 2.31. The smallest absolute Gasteiger partial charge is 0.453 e. The summed E-state index contributed by atoms with van der Waals surface area (Å²) in [7, 11) is 3.49. The molecule has 0 fully saturated rings. The van der Waals surface area contributed by atoms with E-state index in [1.54, 1.807) is 25.3 Å². The number of carbonyl (C=O) groups excluding carboxylic acids is 1. The van der Waals surface area contributed by atoms with Crippen molar-refractivity contribution >= 4 is 38.3 Å². The Morgan fingerprint density at radius 3 is 2.85 bits per heavy atom. The van der Waals surface area contributed by atoms with Gasteiger partial charge < -0.3 is 19.8 Å². The summed E-state index contributed by atoms with van der Waals surface area (Å²) in [5.74, 6) is -0.760. The van der Waals surface area contributed by atoms with E-state index in [0.29, 0.717) is 24.3 Å². The van der Waals surface area contributed by atoms with Crippen molar-refractivity contribution < 1.29 is 27.5 Å². The van der Waals surface area contributed by atoms with Crippen LogP contribution in [0.2, 0.25) is 0 Å². The topological polar surface area (TPSA) is 79.0 Å². The first-order valence-corrected chi connectivity index (χ1v) is 10.6. The van der Waals surface area contributed by atoms with Crippen LogP contribution in [0.4, 0.5) is 24.0 Å². The summed E-state index contributed by atoms with van der Waals surface area (Å²) in [4.78, 5) is 23.5. The molecule has 0 bridgehead atoms. The number of nitrogens with zero attached hydrogens (tertiary/aromatic N) is 3. The van der Waals surface area contributed by atoms with Crippen LogP contribution >= 0.6 is 11.3 Å². The monoisotopic (exact) mass is 479 g/mol. The summed E-state index contributed by atoms with van der Waals surface area (Å²) in [6, 6.07) is 11.8. The molecule has 2 N–H and O–H groups in total. The van der Waals surface area contributed by atoms with Crippen molar-refractivity contribution in [3.63, 3.8) is 0 Å². The average molecular weight is 479 g/mol. The van der Waals surface area contributed by atoms with E-state index >= 15 is 0 Å². The van der Waals surface area contributed by atoms with Crippen molar-refractivity contribution in [2.24, 2.45) is 0 Å². The summed E-state index contributed by atoms with van der Waals surface area (Å²) in [5.41, 5.74) is 3.65. The maximum atomic E-state index is 12.7. The second-order valence-electron chi connectivity index (χ2n) is 7.11. The number of halogens is 3. The van der Waals surface area contributed by atoms with E-state index < -0.39 is 11.9 Å². The number of alkyl halides is 3. The standard InChI is InChI=1S/C21H20F3N5O3S/c1-28(20-26-16-7-6-15(31-2)11-17(16)33-20)9-8-25-19(30)13-4-3-5-14(10-13)29-12-18(32-27-29)21(22,23)24/h3-7,10-12,27H,8-9H2,1-2H3,(H,25,30). The molecule has 1 aliphatic rings. The molecule has 0 atom stereocenters. The number of allylic oxidation sites excluding steroid dienone is 1. The first-order valence-electron chi connectivity index (χ1n) is 9.79. The van der Waals surface area contributed by atoms with Crippen LogP contribution in [0.5, 0.6) is 5.75 Å². The summed E-state index contributed by atoms with van der Waals surface area (Å²) in [6.07, 6.45) is -3.84. The Bertz CT molecular complexity index is 1200. The van der Waals surface area contributed by atoms with Gasteiger partial charge in [-0.3, -0.25) is 4.79 Å². The van der Waals surface area contributed by atoms with Crippen molar-refractivity contribution in [2.45, 2.75) is 6.18 Å². The van der Waals surface area contributed by atoms with E-state index in [9.17, 15) is 18.0 Å². The molecule has 2 heterocycles. The molecule has 33 heavy (non-hydrogen) atoms. The van der Waals surface area contributed by atoms with Gasteiger partial charge in [0.1, 0.15) is 5.75 Å². The second kappa shape index (κ2) is 9.16. The van der Waals surface area contributed by atoms with Crippen LogP contribution in [-0.4, -0.2) is 44.3 Å². The molecule has 174 valence electrons. The highest BCUT2D eigenvalue weighted by Gasteiger charge is 2.40. The van der Waals surface area contributed by atoms with Gasteiger partial charge in [0, 0.05) is 25.7 Å². The van der Waals surface area contributed by atoms with Gasteiger partial charge in [-0.05, 0) is 36.4 Å². The Balaban J connectivity index is 1.35. The lowest BCUT2D eigenvalue weighted by Gasteiger charge is -2.17. The number of likely N-dealkylation sites (N-methyl/N-ethyl adjacent to an activating group) is 1. The normalized spacial score (nSPS) is 13.6. The molecule has 4 rings (SSSR count). The molecular formula is C21H20F3N5O3S. The van der Waals surface area contributed by atoms with Gasteiger partial charge >= 0.3 is 6.18 Å². The third-order valence-electron chi connectivity index (χ3n) is 4.81. The summed E-state index contributed by atoms with van der Waals surface area (Å²) >= 11 is 1.52. The van der Waals surface area contributed by atoms with Gasteiger partial charge in [0.25, 0.3) is 5.91 Å². The number of hydrogen-bond donors (Lipinski definition) is 2. The maximum Gasteiger partial charge on any atom is 0.453 e. The molecule has 1 aliphatic heterocycles. The number of hydrogen-bond acceptors (Lipinski definition) is 8. The molecule has 8 nitrogen and oxygen atoms in total. The van der Waals surface area contributed by atoms with Crippen molar-refractivity contribution in [3.8, 4) is 5.75 Å². The number of anilines is 2. The fourth-order valence-electron chi connectivity index (χ4n) is 3.04. The van der Waals surface area contributed by atoms with E-state index in [4.69, 9.17) is 4.74 Å². The predicted molar refractivity (Wildman–Crippen MR) is 119 cm³/mol. The lowest BCUT2D eigenvalue weighted by atomic mass is 10.2. The number of thiazole rings is 1. The predicted octanol–water partition coefficient (Wildman–Crippen LogP) is 3.83. The van der Waals surface area contributed by atoms with E-state index in [1.807, 2.05) is 30.1 Å². The lowest BCUT2D eigenvalue weighted by Crippen LogP contribution is -2.33. The third kappa shape index (κ3) is 5.12. The second-order valence-corrected chi connectivity index (χ2v) is 8.12. The zero-order valence-corrected chi connectivity index (χ0v) is 18.5. The van der Waals surface area contributed by atoms with Crippen LogP contribution in [0.25, 0.3) is 10.2 Å². The molecule has 0 saturated carbocycles. The molecule has 0 spiro atoms. The maximum absolute atomic E-state index is 12.7. The van der Waals surface area contributed by atoms with Gasteiger partial charge in [0.15, 0.2) is 5.13 Å². The quantitative estimate of drug-likeness (QED) is 0.533. The first kappa shape index (κ1) is 22.7. The van der Waals surface area contributed by atoms with Gasteiger partial charge in [-0.15, -0.1) is 0 Å². The zero-order chi connectivity index (χ0) is 23.6. The van der Waals surface area contributed by atoms with Crippen molar-refractivity contribution in [1.29, 1.82) is 0 Å². The van der Waals surface area contributed by atoms with Crippen LogP contribution in [0.15, 0.2) is 54.4 Å². The van der Waals surface area contributed by atoms with E-state index in [1.165, 1.54) is 17.4 Å². The van der Waals surface area contributed by atoms with E-state index in [-0.39, 0.29) is 5.91 Å². The minimum Gasteiger partial charge on any atom is -0.497 e. The third-order valence-corrected chi connectivity index (χ3v) is 5.94. The zero-order valence-electron chi connectivity index (χ0n) is 17.6. The number of rotatable bonds is 7. The Labute approximate surface area is 191 Å². The molecule has 0 radical (unpaired) electrons. The average Bonchev–Trinajstić information content (AvgIpc) is 3.46. The SMILES string of the molecule is COc1ccc2nc(N(C)CCNC(=O)c3cccc(N4C=C(C(F)(F)F)ON4)c3)sc2c1. The minimum atomic E-state index is -4.61. The summed E-state index contributed by atoms with van der Waals surface area (Å²) < 4.78 is 44.5. The van der Waals surface area contributed by atoms with Crippen LogP contribution < -0.4 is 25.6 Å². The van der Waals surface area contributed by atoms with Crippen molar-refractivity contribution in [3.05, 3.63) is 60.0 Å². The molecule has 0 unspecified atom stereocenters. The van der Waals surface area contributed by atoms with Crippen molar-refractivity contribution in [1.82, 2.24) is 15.9 Å². The molecule has 12 heteroatoms. The summed E-state index contributed by atoms with van der Waals surface area (Å²) in [5, 5.41) is 4.67. The molecule has 2 aromatic carbocycles. The van der Waals surface area contributed by atoms with E-state index in [0.717, 1.165) is 32.3 Å². The first-order chi connectivity index (χ1) is 15.7. The number of hydrazine groups is 1. The number of ether oxygens (including phenoxy) is 1. The summed E-state index contributed by atoms with van der Waals surface area (Å²) in [6.45, 7) is 0.865. The van der Waals surface area contributed by atoms with Crippen LogP contribution in [0.1, 0.15) is 10.4 Å². The van der Waals surface area contributed by atoms with Gasteiger partial charge in [0.2, 0.25) is 5.76 Å². The number of amides is 1. The molecule has 0 aliphatic carbocycles. The number of nitrogens with one attached hydrogen (secondary N) is 2. The number of benzene rings is 2. The van der Waals surface area contributed by atoms with Gasteiger partial charge in [-0.2, -0.15) is 13.2 Å². The van der Waals surface area contributed by atoms with E-state index in [2.05, 4.69) is 20.7 Å². The number of methoxy groups -OCH3 is 1. The largest absolute Gasteiger partial charge is 0.497 e. The minimum absolute atomic E-state index is 0.304. The molecule has 1 amide bonds. The lowest BCUT2D eigenvalue weighted by molar-refractivity contribution is -0.136. The Morgan fingerprint density at radius 2 is 2.12 bits per heavy atom. The highest BCUT2D eigenvalue weighted by molar-refractivity contribution is 7.22. The van der Waals surface area contributed by atoms with Gasteiger partial charge in [-0.1, -0.05) is 23.0 Å². The molecule has 1 aromatic heterocycles. The Morgan fingerprint density at radius 1 is 1.30 bits per heavy atom. The number of fused-ring (bicyclic) bond motifs is 1. The Hall–Kier alpha value is -3.51.